The van der Waals surface area contributed by atoms with Crippen LogP contribution in [-0.2, 0) is 14.8 Å². The van der Waals surface area contributed by atoms with Gasteiger partial charge in [0.15, 0.2) is 0 Å². The normalized spacial score (nSPS) is 11.4. The number of hydrogen-bond acceptors (Lipinski definition) is 5. The largest absolute Gasteiger partial charge is 0.325 e. The van der Waals surface area contributed by atoms with Gasteiger partial charge < -0.3 is 5.32 Å². The summed E-state index contributed by atoms with van der Waals surface area (Å²) in [6, 6.07) is 8.56. The Morgan fingerprint density at radius 2 is 1.93 bits per heavy atom. The van der Waals surface area contributed by atoms with E-state index in [1.165, 1.54) is 7.05 Å². The van der Waals surface area contributed by atoms with Gasteiger partial charge in [-0.15, -0.1) is 0 Å². The number of hydrogen-bond donors (Lipinski definition) is 1. The number of nitrogens with one attached hydrogen (secondary N) is 1. The minimum atomic E-state index is -4.11. The van der Waals surface area contributed by atoms with Crippen molar-refractivity contribution in [3.05, 3.63) is 62.7 Å². The molecule has 0 spiro atoms. The van der Waals surface area contributed by atoms with E-state index in [1.807, 2.05) is 19.9 Å². The second-order valence-corrected chi connectivity index (χ2v) is 8.38. The summed E-state index contributed by atoms with van der Waals surface area (Å²) in [5.74, 6) is -0.529. The Balaban J connectivity index is 2.20. The molecule has 144 valence electrons. The van der Waals surface area contributed by atoms with Gasteiger partial charge in [0.05, 0.1) is 16.4 Å². The second-order valence-electron chi connectivity index (χ2n) is 5.93. The third-order valence-electron chi connectivity index (χ3n) is 4.07. The summed E-state index contributed by atoms with van der Waals surface area (Å²) < 4.78 is 26.0. The molecule has 10 heteroatoms. The van der Waals surface area contributed by atoms with Crippen molar-refractivity contribution in [1.29, 1.82) is 0 Å². The van der Waals surface area contributed by atoms with Crippen molar-refractivity contribution < 1.29 is 18.1 Å². The summed E-state index contributed by atoms with van der Waals surface area (Å²) in [5, 5.41) is 13.5. The Labute approximate surface area is 162 Å². The van der Waals surface area contributed by atoms with Gasteiger partial charge >= 0.3 is 0 Å². The SMILES string of the molecule is Cc1cccc(NC(=O)CN(C)S(=O)(=O)c2ccc(Cl)c([N+](=O)[O-])c2)c1C. The average Bonchev–Trinajstić information content (AvgIpc) is 2.58. The molecule has 2 aromatic rings. The molecular formula is C17H18ClN3O5S. The first kappa shape index (κ1) is 20.8. The van der Waals surface area contributed by atoms with E-state index in [0.29, 0.717) is 5.69 Å². The van der Waals surface area contributed by atoms with Crippen molar-refractivity contribution in [3.8, 4) is 0 Å². The highest BCUT2D eigenvalue weighted by molar-refractivity contribution is 7.89. The number of amides is 1. The maximum atomic E-state index is 12.6. The minimum absolute atomic E-state index is 0.172. The number of carbonyl (C=O) groups is 1. The van der Waals surface area contributed by atoms with Gasteiger partial charge in [-0.25, -0.2) is 8.42 Å². The van der Waals surface area contributed by atoms with Crippen LogP contribution in [0.25, 0.3) is 0 Å². The molecule has 0 saturated heterocycles. The van der Waals surface area contributed by atoms with Gasteiger partial charge in [-0.3, -0.25) is 14.9 Å². The Kier molecular flexibility index (Phi) is 6.19. The molecule has 0 radical (unpaired) electrons. The van der Waals surface area contributed by atoms with Crippen molar-refractivity contribution >= 4 is 38.9 Å². The van der Waals surface area contributed by atoms with Crippen molar-refractivity contribution in [2.75, 3.05) is 18.9 Å². The average molecular weight is 412 g/mol. The van der Waals surface area contributed by atoms with Gasteiger partial charge in [0.2, 0.25) is 15.9 Å². The monoisotopic (exact) mass is 411 g/mol. The quantitative estimate of drug-likeness (QED) is 0.580. The lowest BCUT2D eigenvalue weighted by atomic mass is 10.1. The van der Waals surface area contributed by atoms with Crippen LogP contribution in [0.5, 0.6) is 0 Å². The Hall–Kier alpha value is -2.49. The predicted octanol–water partition coefficient (Wildman–Crippen LogP) is 3.12. The maximum absolute atomic E-state index is 12.6. The third-order valence-corrected chi connectivity index (χ3v) is 6.19. The molecule has 0 aliphatic rings. The summed E-state index contributed by atoms with van der Waals surface area (Å²) in [6.07, 6.45) is 0. The van der Waals surface area contributed by atoms with Crippen molar-refractivity contribution in [1.82, 2.24) is 4.31 Å². The number of nitrogens with zero attached hydrogens (tertiary/aromatic N) is 2. The van der Waals surface area contributed by atoms with Crippen LogP contribution >= 0.6 is 11.6 Å². The fourth-order valence-corrected chi connectivity index (χ4v) is 3.67. The molecule has 0 aromatic heterocycles. The summed E-state index contributed by atoms with van der Waals surface area (Å²) >= 11 is 5.71. The molecule has 27 heavy (non-hydrogen) atoms. The fraction of sp³-hybridized carbons (Fsp3) is 0.235. The zero-order valence-electron chi connectivity index (χ0n) is 14.9. The molecule has 0 atom stereocenters. The molecule has 0 saturated carbocycles. The van der Waals surface area contributed by atoms with Gasteiger partial charge in [-0.2, -0.15) is 4.31 Å². The Bertz CT molecular complexity index is 1010. The summed E-state index contributed by atoms with van der Waals surface area (Å²) in [5.41, 5.74) is 1.94. The Morgan fingerprint density at radius 3 is 2.56 bits per heavy atom. The highest BCUT2D eigenvalue weighted by Gasteiger charge is 2.26. The van der Waals surface area contributed by atoms with Crippen LogP contribution in [0.1, 0.15) is 11.1 Å². The highest BCUT2D eigenvalue weighted by atomic mass is 35.5. The molecule has 0 bridgehead atoms. The highest BCUT2D eigenvalue weighted by Crippen LogP contribution is 2.28. The lowest BCUT2D eigenvalue weighted by Gasteiger charge is -2.17. The smallest absolute Gasteiger partial charge is 0.289 e. The van der Waals surface area contributed by atoms with Crippen LogP contribution in [0.15, 0.2) is 41.3 Å². The van der Waals surface area contributed by atoms with E-state index in [9.17, 15) is 23.3 Å². The number of rotatable bonds is 6. The predicted molar refractivity (Wildman–Crippen MR) is 102 cm³/mol. The zero-order chi connectivity index (χ0) is 20.4. The van der Waals surface area contributed by atoms with E-state index in [-0.39, 0.29) is 9.92 Å². The molecule has 1 amide bonds. The first-order valence-electron chi connectivity index (χ1n) is 7.80. The first-order chi connectivity index (χ1) is 12.5. The molecule has 2 aromatic carbocycles. The van der Waals surface area contributed by atoms with E-state index in [4.69, 9.17) is 11.6 Å². The summed E-state index contributed by atoms with van der Waals surface area (Å²) in [6.45, 7) is 3.29. The molecule has 0 aliphatic heterocycles. The zero-order valence-corrected chi connectivity index (χ0v) is 16.5. The van der Waals surface area contributed by atoms with Gasteiger partial charge in [0.1, 0.15) is 5.02 Å². The van der Waals surface area contributed by atoms with Crippen LogP contribution in [0.3, 0.4) is 0 Å². The van der Waals surface area contributed by atoms with E-state index in [0.717, 1.165) is 33.6 Å². The van der Waals surface area contributed by atoms with Crippen LogP contribution < -0.4 is 5.32 Å². The van der Waals surface area contributed by atoms with E-state index < -0.39 is 33.1 Å². The molecule has 0 fully saturated rings. The first-order valence-corrected chi connectivity index (χ1v) is 9.62. The van der Waals surface area contributed by atoms with Crippen LogP contribution in [0.2, 0.25) is 5.02 Å². The molecule has 0 heterocycles. The van der Waals surface area contributed by atoms with E-state index >= 15 is 0 Å². The molecule has 0 unspecified atom stereocenters. The number of anilines is 1. The number of nitro groups is 1. The third kappa shape index (κ3) is 4.62. The van der Waals surface area contributed by atoms with Crippen LogP contribution in [-0.4, -0.2) is 37.1 Å². The summed E-state index contributed by atoms with van der Waals surface area (Å²) in [4.78, 5) is 22.1. The maximum Gasteiger partial charge on any atom is 0.289 e. The van der Waals surface area contributed by atoms with Crippen molar-refractivity contribution in [2.24, 2.45) is 0 Å². The number of benzene rings is 2. The topological polar surface area (TPSA) is 110 Å². The molecule has 8 nitrogen and oxygen atoms in total. The number of nitro benzene ring substituents is 1. The van der Waals surface area contributed by atoms with Gasteiger partial charge in [-0.05, 0) is 43.2 Å². The fourth-order valence-electron chi connectivity index (χ4n) is 2.34. The molecule has 2 rings (SSSR count). The minimum Gasteiger partial charge on any atom is -0.325 e. The molecule has 0 aliphatic carbocycles. The van der Waals surface area contributed by atoms with Gasteiger partial charge in [-0.1, -0.05) is 23.7 Å². The lowest BCUT2D eigenvalue weighted by Crippen LogP contribution is -2.35. The number of carbonyl (C=O) groups excluding carboxylic acids is 1. The molecule has 1 N–H and O–H groups in total. The second kappa shape index (κ2) is 8.03. The standard InChI is InChI=1S/C17H18ClN3O5S/c1-11-5-4-6-15(12(11)2)19-17(22)10-20(3)27(25,26)13-7-8-14(18)16(9-13)21(23)24/h4-9H,10H2,1-3H3,(H,19,22). The molecular weight excluding hydrogens is 394 g/mol. The van der Waals surface area contributed by atoms with E-state index in [1.54, 1.807) is 12.1 Å². The van der Waals surface area contributed by atoms with E-state index in [2.05, 4.69) is 5.32 Å². The van der Waals surface area contributed by atoms with Crippen LogP contribution in [0, 0.1) is 24.0 Å². The number of likely N-dealkylation sites (N-methyl/N-ethyl adjacent to an activating group) is 1. The number of sulfonamides is 1. The van der Waals surface area contributed by atoms with Gasteiger partial charge in [0.25, 0.3) is 5.69 Å². The Morgan fingerprint density at radius 1 is 1.26 bits per heavy atom. The number of aryl methyl sites for hydroxylation is 1. The van der Waals surface area contributed by atoms with Gasteiger partial charge in [0, 0.05) is 18.8 Å². The summed E-state index contributed by atoms with van der Waals surface area (Å²) in [7, 11) is -2.89. The lowest BCUT2D eigenvalue weighted by molar-refractivity contribution is -0.384. The van der Waals surface area contributed by atoms with Crippen LogP contribution in [0.4, 0.5) is 11.4 Å². The number of halogens is 1. The van der Waals surface area contributed by atoms with Crippen molar-refractivity contribution in [3.63, 3.8) is 0 Å². The van der Waals surface area contributed by atoms with Crippen molar-refractivity contribution in [2.45, 2.75) is 18.7 Å².